The van der Waals surface area contributed by atoms with Crippen molar-refractivity contribution in [3.8, 4) is 22.6 Å². The van der Waals surface area contributed by atoms with Crippen molar-refractivity contribution in [2.75, 3.05) is 0 Å². The van der Waals surface area contributed by atoms with Crippen LogP contribution in [0.15, 0.2) is 48.8 Å². The molecule has 162 valence electrons. The smallest absolute Gasteiger partial charge is 0.139 e. The average molecular weight is 410 g/mol. The molecule has 0 aliphatic rings. The van der Waals surface area contributed by atoms with Crippen molar-refractivity contribution >= 4 is 13.6 Å². The number of H-pyrrole nitrogens is 1. The average Bonchev–Trinajstić information content (AvgIpc) is 3.26. The van der Waals surface area contributed by atoms with Crippen molar-refractivity contribution in [1.29, 1.82) is 0 Å². The van der Waals surface area contributed by atoms with Gasteiger partial charge in [-0.2, -0.15) is 0 Å². The van der Waals surface area contributed by atoms with Crippen LogP contribution in [0.5, 0.6) is 0 Å². The van der Waals surface area contributed by atoms with E-state index in [9.17, 15) is 0 Å². The molecule has 1 aromatic carbocycles. The quantitative estimate of drug-likeness (QED) is 0.543. The minimum atomic E-state index is 0.862. The number of unbranched alkanes of at least 4 members (excludes halogenated alkanes) is 1. The molecule has 0 bridgehead atoms. The lowest BCUT2D eigenvalue weighted by Gasteiger charge is -2.01. The molecule has 0 spiro atoms. The molecule has 2 aromatic heterocycles. The molecule has 5 nitrogen and oxygen atoms in total. The van der Waals surface area contributed by atoms with Crippen LogP contribution in [-0.2, 0) is 9.59 Å². The number of aryl methyl sites for hydroxylation is 2. The van der Waals surface area contributed by atoms with Crippen LogP contribution in [0.2, 0.25) is 0 Å². The van der Waals surface area contributed by atoms with E-state index in [0.717, 1.165) is 34.3 Å². The van der Waals surface area contributed by atoms with E-state index in [1.54, 1.807) is 6.20 Å². The first kappa shape index (κ1) is 26.9. The molecule has 30 heavy (non-hydrogen) atoms. The number of rotatable bonds is 5. The third kappa shape index (κ3) is 9.41. The highest BCUT2D eigenvalue weighted by molar-refractivity contribution is 5.65. The van der Waals surface area contributed by atoms with E-state index >= 15 is 0 Å². The Bertz CT molecular complexity index is 824. The summed E-state index contributed by atoms with van der Waals surface area (Å²) in [4.78, 5) is 28.1. The molecule has 0 atom stereocenters. The second-order valence-electron chi connectivity index (χ2n) is 7.18. The number of carbonyl (C=O) groups is 2. The van der Waals surface area contributed by atoms with Gasteiger partial charge in [0, 0.05) is 17.5 Å². The van der Waals surface area contributed by atoms with Crippen LogP contribution < -0.4 is 0 Å². The van der Waals surface area contributed by atoms with Gasteiger partial charge in [-0.3, -0.25) is 4.98 Å². The van der Waals surface area contributed by atoms with Crippen LogP contribution in [0.3, 0.4) is 0 Å². The number of imidazole rings is 1. The summed E-state index contributed by atoms with van der Waals surface area (Å²) in [6.45, 7) is 14.9. The molecule has 1 N–H and O–H groups in total. The van der Waals surface area contributed by atoms with E-state index in [4.69, 9.17) is 9.59 Å². The number of carbonyl (C=O) groups excluding carboxylic acids is 2. The van der Waals surface area contributed by atoms with Gasteiger partial charge in [0.25, 0.3) is 0 Å². The van der Waals surface area contributed by atoms with Crippen LogP contribution in [0.4, 0.5) is 0 Å². The fraction of sp³-hybridized carbons (Fsp3) is 0.360. The van der Waals surface area contributed by atoms with E-state index in [2.05, 4.69) is 66.9 Å². The lowest BCUT2D eigenvalue weighted by Crippen LogP contribution is -1.88. The number of hydrogen-bond donors (Lipinski definition) is 1. The van der Waals surface area contributed by atoms with Crippen molar-refractivity contribution in [1.82, 2.24) is 15.0 Å². The summed E-state index contributed by atoms with van der Waals surface area (Å²) in [6.07, 6.45) is 7.81. The predicted octanol–water partition coefficient (Wildman–Crippen LogP) is 6.22. The Labute approximate surface area is 181 Å². The van der Waals surface area contributed by atoms with Crippen molar-refractivity contribution in [2.24, 2.45) is 5.92 Å². The monoisotopic (exact) mass is 409 g/mol. The third-order valence-electron chi connectivity index (χ3n) is 4.34. The highest BCUT2D eigenvalue weighted by atomic mass is 16.1. The van der Waals surface area contributed by atoms with E-state index in [0.29, 0.717) is 0 Å². The normalized spacial score (nSPS) is 9.40. The Morgan fingerprint density at radius 1 is 0.967 bits per heavy atom. The van der Waals surface area contributed by atoms with Crippen LogP contribution >= 0.6 is 0 Å². The van der Waals surface area contributed by atoms with E-state index in [1.165, 1.54) is 24.8 Å². The number of aromatic nitrogens is 3. The van der Waals surface area contributed by atoms with Crippen LogP contribution in [0, 0.1) is 19.8 Å². The number of pyridine rings is 1. The molecule has 5 heteroatoms. The largest absolute Gasteiger partial charge is 0.338 e. The maximum Gasteiger partial charge on any atom is 0.139 e. The van der Waals surface area contributed by atoms with E-state index in [1.807, 2.05) is 38.8 Å². The summed E-state index contributed by atoms with van der Waals surface area (Å²) < 4.78 is 0. The lowest BCUT2D eigenvalue weighted by atomic mass is 10.1. The zero-order valence-electron chi connectivity index (χ0n) is 18.9. The van der Waals surface area contributed by atoms with Crippen molar-refractivity contribution in [3.63, 3.8) is 0 Å². The van der Waals surface area contributed by atoms with E-state index < -0.39 is 0 Å². The van der Waals surface area contributed by atoms with Crippen molar-refractivity contribution in [3.05, 3.63) is 60.0 Å². The molecule has 0 saturated heterocycles. The Kier molecular flexibility index (Phi) is 14.2. The topological polar surface area (TPSA) is 75.7 Å². The molecule has 0 fully saturated rings. The van der Waals surface area contributed by atoms with Gasteiger partial charge in [-0.15, -0.1) is 0 Å². The number of nitrogens with zero attached hydrogens (tertiary/aromatic N) is 2. The fourth-order valence-corrected chi connectivity index (χ4v) is 2.68. The first-order valence-electron chi connectivity index (χ1n) is 10.1. The standard InChI is InChI=1S/C16H15N3.C7H16.2CH2O/c1-11-5-7-13(8-6-11)15-10-18-16(19-15)14-4-3-9-17-12(14)2;1-4-5-6-7(2)3;2*1-2/h3-10H,1-2H3,(H,18,19);7H,4-6H2,1-3H3;2*1H2. The summed E-state index contributed by atoms with van der Waals surface area (Å²) in [7, 11) is 0. The Hall–Kier alpha value is -3.08. The molecule has 3 rings (SSSR count). The minimum Gasteiger partial charge on any atom is -0.338 e. The van der Waals surface area contributed by atoms with Gasteiger partial charge in [-0.1, -0.05) is 69.9 Å². The summed E-state index contributed by atoms with van der Waals surface area (Å²) in [5, 5.41) is 0. The molecule has 0 amide bonds. The molecule has 3 aromatic rings. The number of nitrogens with one attached hydrogen (secondary N) is 1. The van der Waals surface area contributed by atoms with Gasteiger partial charge in [0.2, 0.25) is 0 Å². The molecule has 0 radical (unpaired) electrons. The van der Waals surface area contributed by atoms with Gasteiger partial charge in [0.05, 0.1) is 11.9 Å². The molecule has 0 aliphatic heterocycles. The van der Waals surface area contributed by atoms with Gasteiger partial charge in [0.15, 0.2) is 0 Å². The summed E-state index contributed by atoms with van der Waals surface area (Å²) in [5.74, 6) is 1.76. The van der Waals surface area contributed by atoms with Gasteiger partial charge in [-0.25, -0.2) is 4.98 Å². The van der Waals surface area contributed by atoms with Crippen molar-refractivity contribution in [2.45, 2.75) is 53.9 Å². The molecular weight excluding hydrogens is 374 g/mol. The second-order valence-corrected chi connectivity index (χ2v) is 7.18. The van der Waals surface area contributed by atoms with Crippen LogP contribution in [-0.4, -0.2) is 28.5 Å². The molecular formula is C25H35N3O2. The number of aromatic amines is 1. The van der Waals surface area contributed by atoms with Crippen molar-refractivity contribution < 1.29 is 9.59 Å². The Balaban J connectivity index is 0.000000650. The maximum atomic E-state index is 8.00. The first-order chi connectivity index (χ1) is 14.5. The van der Waals surface area contributed by atoms with Crippen LogP contribution in [0.1, 0.15) is 51.3 Å². The first-order valence-corrected chi connectivity index (χ1v) is 10.1. The SMILES string of the molecule is C=O.C=O.CCCCC(C)C.Cc1ccc(-c2cnc(-c3cccnc3C)[nH]2)cc1. The van der Waals surface area contributed by atoms with Gasteiger partial charge < -0.3 is 14.6 Å². The predicted molar refractivity (Wildman–Crippen MR) is 125 cm³/mol. The molecule has 0 saturated carbocycles. The summed E-state index contributed by atoms with van der Waals surface area (Å²) >= 11 is 0. The molecule has 0 unspecified atom stereocenters. The number of benzene rings is 1. The molecule has 2 heterocycles. The van der Waals surface area contributed by atoms with E-state index in [-0.39, 0.29) is 0 Å². The van der Waals surface area contributed by atoms with Crippen LogP contribution in [0.25, 0.3) is 22.6 Å². The zero-order chi connectivity index (χ0) is 22.9. The minimum absolute atomic E-state index is 0.862. The summed E-state index contributed by atoms with van der Waals surface area (Å²) in [6, 6.07) is 12.4. The molecule has 0 aliphatic carbocycles. The third-order valence-corrected chi connectivity index (χ3v) is 4.34. The Morgan fingerprint density at radius 2 is 1.60 bits per heavy atom. The van der Waals surface area contributed by atoms with Gasteiger partial charge in [-0.05, 0) is 37.5 Å². The fourth-order valence-electron chi connectivity index (χ4n) is 2.68. The maximum absolute atomic E-state index is 8.00. The number of hydrogen-bond acceptors (Lipinski definition) is 4. The van der Waals surface area contributed by atoms with Gasteiger partial charge >= 0.3 is 0 Å². The summed E-state index contributed by atoms with van der Waals surface area (Å²) in [5.41, 5.74) is 5.45. The highest BCUT2D eigenvalue weighted by Gasteiger charge is 2.07. The lowest BCUT2D eigenvalue weighted by molar-refractivity contribution is -0.0987. The zero-order valence-corrected chi connectivity index (χ0v) is 18.9. The Morgan fingerprint density at radius 3 is 2.10 bits per heavy atom. The second kappa shape index (κ2) is 15.8. The highest BCUT2D eigenvalue weighted by Crippen LogP contribution is 2.23. The van der Waals surface area contributed by atoms with Gasteiger partial charge in [0.1, 0.15) is 19.4 Å².